The summed E-state index contributed by atoms with van der Waals surface area (Å²) in [7, 11) is 0. The number of halogens is 1. The lowest BCUT2D eigenvalue weighted by molar-refractivity contribution is -0.134. The smallest absolute Gasteiger partial charge is 0.325 e. The van der Waals surface area contributed by atoms with E-state index < -0.39 is 23.0 Å². The number of carbonyl (C=O) groups excluding carboxylic acids is 2. The van der Waals surface area contributed by atoms with E-state index in [0.717, 1.165) is 19.4 Å². The third kappa shape index (κ3) is 3.71. The number of hydrogen-bond donors (Lipinski definition) is 2. The maximum atomic E-state index is 14.0. The predicted octanol–water partition coefficient (Wildman–Crippen LogP) is 1.98. The standard InChI is InChI=1S/C21H28FN3O4/c1-20(2)13-21(16-11-14(22)6-7-17(16)29-20)18(27)25(19(28)23-21)10-4-9-24-8-3-5-15(26)12-24/h6-7,11,15,26H,3-5,8-10,12-13H2,1-2H3,(H,23,28). The molecule has 0 aromatic heterocycles. The van der Waals surface area contributed by atoms with E-state index in [1.807, 2.05) is 13.8 Å². The predicted molar refractivity (Wildman–Crippen MR) is 104 cm³/mol. The van der Waals surface area contributed by atoms with Crippen molar-refractivity contribution >= 4 is 11.9 Å². The molecule has 1 spiro atoms. The number of rotatable bonds is 4. The molecule has 0 bridgehead atoms. The molecule has 2 saturated heterocycles. The average Bonchev–Trinajstić information content (AvgIpc) is 2.86. The number of nitrogens with zero attached hydrogens (tertiary/aromatic N) is 2. The normalized spacial score (nSPS) is 29.0. The fourth-order valence-corrected chi connectivity index (χ4v) is 4.81. The van der Waals surface area contributed by atoms with Gasteiger partial charge in [0.05, 0.1) is 6.10 Å². The van der Waals surface area contributed by atoms with E-state index in [2.05, 4.69) is 10.2 Å². The summed E-state index contributed by atoms with van der Waals surface area (Å²) in [5.74, 6) is -0.416. The third-order valence-corrected chi connectivity index (χ3v) is 5.99. The topological polar surface area (TPSA) is 82.1 Å². The molecule has 0 aliphatic carbocycles. The van der Waals surface area contributed by atoms with Crippen LogP contribution >= 0.6 is 0 Å². The molecule has 3 aliphatic rings. The van der Waals surface area contributed by atoms with E-state index in [9.17, 15) is 19.1 Å². The summed E-state index contributed by atoms with van der Waals surface area (Å²) < 4.78 is 19.9. The molecule has 2 unspecified atom stereocenters. The maximum Gasteiger partial charge on any atom is 0.325 e. The van der Waals surface area contributed by atoms with Gasteiger partial charge in [-0.05, 0) is 64.4 Å². The van der Waals surface area contributed by atoms with Crippen LogP contribution in [0, 0.1) is 5.82 Å². The first-order valence-corrected chi connectivity index (χ1v) is 10.2. The van der Waals surface area contributed by atoms with Crippen molar-refractivity contribution in [3.8, 4) is 5.75 Å². The fraction of sp³-hybridized carbons (Fsp3) is 0.619. The molecule has 0 saturated carbocycles. The van der Waals surface area contributed by atoms with Gasteiger partial charge >= 0.3 is 6.03 Å². The molecule has 3 aliphatic heterocycles. The quantitative estimate of drug-likeness (QED) is 0.749. The molecule has 158 valence electrons. The van der Waals surface area contributed by atoms with Gasteiger partial charge in [0.15, 0.2) is 5.54 Å². The van der Waals surface area contributed by atoms with Gasteiger partial charge in [0.25, 0.3) is 5.91 Å². The lowest BCUT2D eigenvalue weighted by atomic mass is 9.77. The average molecular weight is 405 g/mol. The van der Waals surface area contributed by atoms with Crippen molar-refractivity contribution in [3.63, 3.8) is 0 Å². The largest absolute Gasteiger partial charge is 0.487 e. The first kappa shape index (κ1) is 20.1. The lowest BCUT2D eigenvalue weighted by Crippen LogP contribution is -2.53. The Kier molecular flexibility index (Phi) is 5.02. The van der Waals surface area contributed by atoms with E-state index in [4.69, 9.17) is 4.74 Å². The number of piperidine rings is 1. The molecule has 4 rings (SSSR count). The summed E-state index contributed by atoms with van der Waals surface area (Å²) in [5, 5.41) is 12.6. The summed E-state index contributed by atoms with van der Waals surface area (Å²) in [6, 6.07) is 3.62. The first-order valence-electron chi connectivity index (χ1n) is 10.2. The van der Waals surface area contributed by atoms with E-state index >= 15 is 0 Å². The van der Waals surface area contributed by atoms with Gasteiger partial charge in [0.2, 0.25) is 0 Å². The Labute approximate surface area is 169 Å². The number of imide groups is 1. The minimum absolute atomic E-state index is 0.232. The SMILES string of the molecule is CC1(C)CC2(NC(=O)N(CCCN3CCCC(O)C3)C2=O)c2cc(F)ccc2O1. The number of fused-ring (bicyclic) bond motifs is 2. The van der Waals surface area contributed by atoms with Crippen LogP contribution in [0.1, 0.15) is 45.1 Å². The number of urea groups is 1. The number of aliphatic hydroxyl groups is 1. The summed E-state index contributed by atoms with van der Waals surface area (Å²) in [6.07, 6.45) is 2.32. The van der Waals surface area contributed by atoms with Gasteiger partial charge in [0.1, 0.15) is 17.2 Å². The van der Waals surface area contributed by atoms with Crippen LogP contribution < -0.4 is 10.1 Å². The van der Waals surface area contributed by atoms with Crippen LogP contribution in [0.3, 0.4) is 0 Å². The molecular formula is C21H28FN3O4. The number of ether oxygens (including phenoxy) is 1. The van der Waals surface area contributed by atoms with Crippen LogP contribution in [0.2, 0.25) is 0 Å². The van der Waals surface area contributed by atoms with E-state index in [1.165, 1.54) is 23.1 Å². The van der Waals surface area contributed by atoms with Crippen LogP contribution in [-0.4, -0.2) is 64.7 Å². The molecule has 2 N–H and O–H groups in total. The van der Waals surface area contributed by atoms with Gasteiger partial charge < -0.3 is 20.1 Å². The molecule has 29 heavy (non-hydrogen) atoms. The number of carbonyl (C=O) groups is 2. The second kappa shape index (κ2) is 7.25. The number of nitrogens with one attached hydrogen (secondary N) is 1. The molecule has 3 heterocycles. The Bertz CT molecular complexity index is 830. The Balaban J connectivity index is 1.52. The summed E-state index contributed by atoms with van der Waals surface area (Å²) in [6.45, 7) is 6.24. The highest BCUT2D eigenvalue weighted by atomic mass is 19.1. The molecule has 2 atom stereocenters. The van der Waals surface area contributed by atoms with Crippen molar-refractivity contribution in [2.24, 2.45) is 0 Å². The van der Waals surface area contributed by atoms with E-state index in [-0.39, 0.29) is 25.0 Å². The van der Waals surface area contributed by atoms with Crippen LogP contribution in [0.25, 0.3) is 0 Å². The zero-order chi connectivity index (χ0) is 20.8. The van der Waals surface area contributed by atoms with Crippen LogP contribution in [0.5, 0.6) is 5.75 Å². The minimum atomic E-state index is -1.31. The lowest BCUT2D eigenvalue weighted by Gasteiger charge is -2.42. The van der Waals surface area contributed by atoms with Gasteiger partial charge in [-0.25, -0.2) is 9.18 Å². The number of β-amino-alcohol motifs (C(OH)–C–C–N with tert-alkyl or cyclic N) is 1. The summed E-state index contributed by atoms with van der Waals surface area (Å²) in [4.78, 5) is 29.5. The number of amides is 3. The molecule has 8 heteroatoms. The number of benzene rings is 1. The second-order valence-corrected chi connectivity index (χ2v) is 8.92. The summed E-state index contributed by atoms with van der Waals surface area (Å²) >= 11 is 0. The Morgan fingerprint density at radius 3 is 2.86 bits per heavy atom. The number of hydrogen-bond acceptors (Lipinski definition) is 5. The monoisotopic (exact) mass is 405 g/mol. The van der Waals surface area contributed by atoms with Crippen molar-refractivity contribution in [1.29, 1.82) is 0 Å². The van der Waals surface area contributed by atoms with Gasteiger partial charge in [-0.1, -0.05) is 0 Å². The van der Waals surface area contributed by atoms with Gasteiger partial charge in [0, 0.05) is 25.1 Å². The Morgan fingerprint density at radius 2 is 2.10 bits per heavy atom. The Hall–Kier alpha value is -2.19. The second-order valence-electron chi connectivity index (χ2n) is 8.92. The number of likely N-dealkylation sites (tertiary alicyclic amines) is 1. The Morgan fingerprint density at radius 1 is 1.31 bits per heavy atom. The molecule has 0 radical (unpaired) electrons. The fourth-order valence-electron chi connectivity index (χ4n) is 4.81. The molecule has 7 nitrogen and oxygen atoms in total. The number of aliphatic hydroxyl groups excluding tert-OH is 1. The van der Waals surface area contributed by atoms with E-state index in [0.29, 0.717) is 30.8 Å². The molecule has 3 amide bonds. The van der Waals surface area contributed by atoms with Crippen LogP contribution in [0.4, 0.5) is 9.18 Å². The van der Waals surface area contributed by atoms with Crippen LogP contribution in [0.15, 0.2) is 18.2 Å². The molecule has 2 fully saturated rings. The highest BCUT2D eigenvalue weighted by molar-refractivity contribution is 6.08. The van der Waals surface area contributed by atoms with Crippen molar-refractivity contribution in [2.45, 2.75) is 56.8 Å². The van der Waals surface area contributed by atoms with Gasteiger partial charge in [-0.15, -0.1) is 0 Å². The summed E-state index contributed by atoms with van der Waals surface area (Å²) in [5.41, 5.74) is -1.62. The first-order chi connectivity index (χ1) is 13.7. The van der Waals surface area contributed by atoms with Gasteiger partial charge in [-0.3, -0.25) is 9.69 Å². The van der Waals surface area contributed by atoms with Gasteiger partial charge in [-0.2, -0.15) is 0 Å². The zero-order valence-corrected chi connectivity index (χ0v) is 16.9. The highest BCUT2D eigenvalue weighted by Crippen LogP contribution is 2.46. The van der Waals surface area contributed by atoms with Crippen LogP contribution in [-0.2, 0) is 10.3 Å². The van der Waals surface area contributed by atoms with Crippen molar-refractivity contribution in [1.82, 2.24) is 15.1 Å². The molecule has 1 aromatic carbocycles. The third-order valence-electron chi connectivity index (χ3n) is 5.99. The highest BCUT2D eigenvalue weighted by Gasteiger charge is 2.58. The zero-order valence-electron chi connectivity index (χ0n) is 16.9. The van der Waals surface area contributed by atoms with Crippen molar-refractivity contribution < 1.29 is 23.8 Å². The van der Waals surface area contributed by atoms with Crippen molar-refractivity contribution in [2.75, 3.05) is 26.2 Å². The van der Waals surface area contributed by atoms with Crippen molar-refractivity contribution in [3.05, 3.63) is 29.6 Å². The maximum absolute atomic E-state index is 14.0. The molecule has 1 aromatic rings. The minimum Gasteiger partial charge on any atom is -0.487 e. The molecular weight excluding hydrogens is 377 g/mol. The van der Waals surface area contributed by atoms with E-state index in [1.54, 1.807) is 0 Å².